The number of aromatic hydroxyl groups is 1. The number of phenols is 1. The number of pyridine rings is 1. The minimum absolute atomic E-state index is 0.139. The Morgan fingerprint density at radius 3 is 3.00 bits per heavy atom. The first-order chi connectivity index (χ1) is 8.65. The zero-order valence-electron chi connectivity index (χ0n) is 9.59. The van der Waals surface area contributed by atoms with Gasteiger partial charge in [0.2, 0.25) is 5.43 Å². The highest BCUT2D eigenvalue weighted by Crippen LogP contribution is 2.34. The maximum absolute atomic E-state index is 11.7. The van der Waals surface area contributed by atoms with E-state index in [2.05, 4.69) is 0 Å². The number of hydrogen-bond acceptors (Lipinski definition) is 4. The lowest BCUT2D eigenvalue weighted by molar-refractivity contribution is 0.305. The Morgan fingerprint density at radius 1 is 1.33 bits per heavy atom. The van der Waals surface area contributed by atoms with Crippen molar-refractivity contribution in [2.24, 2.45) is 0 Å². The molecule has 0 fully saturated rings. The molecule has 5 nitrogen and oxygen atoms in total. The van der Waals surface area contributed by atoms with E-state index in [0.29, 0.717) is 18.9 Å². The number of benzene rings is 1. The largest absolute Gasteiger partial charge is 0.508 e. The van der Waals surface area contributed by atoms with Crippen LogP contribution in [0.3, 0.4) is 0 Å². The van der Waals surface area contributed by atoms with Gasteiger partial charge in [-0.15, -0.1) is 0 Å². The SMILES string of the molecule is Nc1cn2c(cc1=O)-c1ccc(O)cc1OCC2. The van der Waals surface area contributed by atoms with Crippen LogP contribution < -0.4 is 15.9 Å². The van der Waals surface area contributed by atoms with Gasteiger partial charge in [0.1, 0.15) is 18.1 Å². The average molecular weight is 244 g/mol. The Balaban J connectivity index is 2.30. The third-order valence-corrected chi connectivity index (χ3v) is 2.99. The summed E-state index contributed by atoms with van der Waals surface area (Å²) in [5.41, 5.74) is 7.17. The molecule has 92 valence electrons. The summed E-state index contributed by atoms with van der Waals surface area (Å²) in [5.74, 6) is 0.713. The van der Waals surface area contributed by atoms with E-state index in [4.69, 9.17) is 10.5 Å². The molecule has 0 spiro atoms. The zero-order valence-corrected chi connectivity index (χ0v) is 9.59. The number of nitrogens with two attached hydrogens (primary N) is 1. The van der Waals surface area contributed by atoms with Crippen molar-refractivity contribution in [2.75, 3.05) is 12.3 Å². The van der Waals surface area contributed by atoms with Crippen molar-refractivity contribution in [2.45, 2.75) is 6.54 Å². The van der Waals surface area contributed by atoms with Crippen LogP contribution in [-0.2, 0) is 6.54 Å². The molecule has 3 rings (SSSR count). The third kappa shape index (κ3) is 1.60. The van der Waals surface area contributed by atoms with Crippen LogP contribution in [0.5, 0.6) is 11.5 Å². The van der Waals surface area contributed by atoms with Gasteiger partial charge < -0.3 is 20.1 Å². The van der Waals surface area contributed by atoms with E-state index in [-0.39, 0.29) is 16.9 Å². The van der Waals surface area contributed by atoms with Gasteiger partial charge in [-0.2, -0.15) is 0 Å². The fourth-order valence-corrected chi connectivity index (χ4v) is 2.10. The molecule has 0 atom stereocenters. The van der Waals surface area contributed by atoms with Crippen molar-refractivity contribution in [1.29, 1.82) is 0 Å². The fourth-order valence-electron chi connectivity index (χ4n) is 2.10. The van der Waals surface area contributed by atoms with Crippen LogP contribution in [0.2, 0.25) is 0 Å². The zero-order chi connectivity index (χ0) is 12.7. The van der Waals surface area contributed by atoms with Crippen molar-refractivity contribution < 1.29 is 9.84 Å². The van der Waals surface area contributed by atoms with E-state index in [0.717, 1.165) is 11.3 Å². The van der Waals surface area contributed by atoms with Gasteiger partial charge in [0.05, 0.1) is 17.9 Å². The third-order valence-electron chi connectivity index (χ3n) is 2.99. The monoisotopic (exact) mass is 244 g/mol. The maximum Gasteiger partial charge on any atom is 0.205 e. The van der Waals surface area contributed by atoms with Crippen LogP contribution in [-0.4, -0.2) is 16.3 Å². The second-order valence-electron chi connectivity index (χ2n) is 4.20. The normalized spacial score (nSPS) is 13.1. The molecule has 0 radical (unpaired) electrons. The molecule has 5 heteroatoms. The predicted octanol–water partition coefficient (Wildman–Crippen LogP) is 1.20. The topological polar surface area (TPSA) is 77.5 Å². The van der Waals surface area contributed by atoms with Gasteiger partial charge in [-0.05, 0) is 12.1 Å². The molecule has 1 aromatic heterocycles. The Labute approximate surface area is 103 Å². The van der Waals surface area contributed by atoms with E-state index < -0.39 is 0 Å². The first-order valence-electron chi connectivity index (χ1n) is 5.61. The van der Waals surface area contributed by atoms with Gasteiger partial charge in [-0.3, -0.25) is 4.79 Å². The van der Waals surface area contributed by atoms with Gasteiger partial charge in [0, 0.05) is 23.9 Å². The highest BCUT2D eigenvalue weighted by molar-refractivity contribution is 5.70. The lowest BCUT2D eigenvalue weighted by Crippen LogP contribution is -2.14. The summed E-state index contributed by atoms with van der Waals surface area (Å²) < 4.78 is 7.46. The summed E-state index contributed by atoms with van der Waals surface area (Å²) in [6.45, 7) is 1.07. The summed E-state index contributed by atoms with van der Waals surface area (Å²) in [6.07, 6.45) is 1.63. The smallest absolute Gasteiger partial charge is 0.205 e. The van der Waals surface area contributed by atoms with Gasteiger partial charge in [-0.25, -0.2) is 0 Å². The first-order valence-corrected chi connectivity index (χ1v) is 5.61. The second kappa shape index (κ2) is 3.80. The molecule has 0 unspecified atom stereocenters. The maximum atomic E-state index is 11.7. The number of ether oxygens (including phenoxy) is 1. The van der Waals surface area contributed by atoms with Gasteiger partial charge >= 0.3 is 0 Å². The first kappa shape index (κ1) is 10.7. The highest BCUT2D eigenvalue weighted by Gasteiger charge is 2.16. The number of rotatable bonds is 0. The molecule has 1 aromatic carbocycles. The molecule has 2 aromatic rings. The summed E-state index contributed by atoms with van der Waals surface area (Å²) in [6, 6.07) is 6.35. The molecule has 3 N–H and O–H groups in total. The molecular formula is C13H12N2O3. The standard InChI is InChI=1S/C13H12N2O3/c14-10-7-15-3-4-18-13-5-8(16)1-2-9(13)11(15)6-12(10)17/h1-2,5-7,16H,3-4,14H2. The van der Waals surface area contributed by atoms with E-state index in [1.54, 1.807) is 24.4 Å². The number of phenolic OH excluding ortho intramolecular Hbond substituents is 1. The quantitative estimate of drug-likeness (QED) is 0.729. The second-order valence-corrected chi connectivity index (χ2v) is 4.20. The Kier molecular flexibility index (Phi) is 2.26. The van der Waals surface area contributed by atoms with Gasteiger partial charge in [-0.1, -0.05) is 0 Å². The summed E-state index contributed by atoms with van der Waals surface area (Å²) in [5, 5.41) is 9.46. The fraction of sp³-hybridized carbons (Fsp3) is 0.154. The Hall–Kier alpha value is -2.43. The molecular weight excluding hydrogens is 232 g/mol. The lowest BCUT2D eigenvalue weighted by Gasteiger charge is -2.10. The Morgan fingerprint density at radius 2 is 2.17 bits per heavy atom. The number of nitrogens with zero attached hydrogens (tertiary/aromatic N) is 1. The lowest BCUT2D eigenvalue weighted by atomic mass is 10.1. The number of nitrogen functional groups attached to an aromatic ring is 1. The van der Waals surface area contributed by atoms with Crippen LogP contribution in [0.1, 0.15) is 0 Å². The van der Waals surface area contributed by atoms with Crippen molar-refractivity contribution >= 4 is 5.69 Å². The van der Waals surface area contributed by atoms with E-state index >= 15 is 0 Å². The number of hydrogen-bond donors (Lipinski definition) is 2. The highest BCUT2D eigenvalue weighted by atomic mass is 16.5. The predicted molar refractivity (Wildman–Crippen MR) is 67.7 cm³/mol. The van der Waals surface area contributed by atoms with Gasteiger partial charge in [0.25, 0.3) is 0 Å². The van der Waals surface area contributed by atoms with Crippen molar-refractivity contribution in [1.82, 2.24) is 4.57 Å². The van der Waals surface area contributed by atoms with Crippen molar-refractivity contribution in [3.05, 3.63) is 40.7 Å². The van der Waals surface area contributed by atoms with Crippen LogP contribution >= 0.6 is 0 Å². The number of anilines is 1. The van der Waals surface area contributed by atoms with E-state index in [9.17, 15) is 9.90 Å². The average Bonchev–Trinajstić information content (AvgIpc) is 2.49. The molecule has 1 aliphatic heterocycles. The van der Waals surface area contributed by atoms with Crippen LogP contribution in [0.25, 0.3) is 11.3 Å². The molecule has 0 saturated heterocycles. The number of fused-ring (bicyclic) bond motifs is 3. The summed E-state index contributed by atoms with van der Waals surface area (Å²) in [4.78, 5) is 11.7. The molecule has 0 saturated carbocycles. The van der Waals surface area contributed by atoms with Crippen LogP contribution in [0.15, 0.2) is 35.3 Å². The molecule has 2 heterocycles. The van der Waals surface area contributed by atoms with Crippen molar-refractivity contribution in [3.63, 3.8) is 0 Å². The van der Waals surface area contributed by atoms with E-state index in [1.165, 1.54) is 6.07 Å². The molecule has 18 heavy (non-hydrogen) atoms. The van der Waals surface area contributed by atoms with Crippen LogP contribution in [0.4, 0.5) is 5.69 Å². The van der Waals surface area contributed by atoms with Gasteiger partial charge in [0.15, 0.2) is 0 Å². The Bertz CT molecular complexity index is 676. The summed E-state index contributed by atoms with van der Waals surface area (Å²) >= 11 is 0. The van der Waals surface area contributed by atoms with E-state index in [1.807, 2.05) is 4.57 Å². The molecule has 0 bridgehead atoms. The molecule has 1 aliphatic rings. The minimum atomic E-state index is -0.206. The number of aromatic nitrogens is 1. The van der Waals surface area contributed by atoms with Crippen molar-refractivity contribution in [3.8, 4) is 22.8 Å². The minimum Gasteiger partial charge on any atom is -0.508 e. The summed E-state index contributed by atoms with van der Waals surface area (Å²) in [7, 11) is 0. The molecule has 0 aliphatic carbocycles. The van der Waals surface area contributed by atoms with Crippen LogP contribution in [0, 0.1) is 0 Å². The molecule has 0 amide bonds.